The van der Waals surface area contributed by atoms with E-state index >= 15 is 0 Å². The van der Waals surface area contributed by atoms with E-state index in [4.69, 9.17) is 10.5 Å². The van der Waals surface area contributed by atoms with Gasteiger partial charge in [-0.2, -0.15) is 0 Å². The molecule has 0 saturated heterocycles. The van der Waals surface area contributed by atoms with Crippen LogP contribution in [0.25, 0.3) is 0 Å². The highest BCUT2D eigenvalue weighted by Crippen LogP contribution is 2.26. The minimum Gasteiger partial charge on any atom is -0.493 e. The van der Waals surface area contributed by atoms with Crippen molar-refractivity contribution < 1.29 is 9.30 Å². The highest BCUT2D eigenvalue weighted by molar-refractivity contribution is 5.34. The zero-order valence-electron chi connectivity index (χ0n) is 16.3. The van der Waals surface area contributed by atoms with Crippen LogP contribution in [0.3, 0.4) is 0 Å². The van der Waals surface area contributed by atoms with E-state index in [0.717, 1.165) is 18.0 Å². The fraction of sp³-hybridized carbons (Fsp3) is 0.115. The number of rotatable bonds is 7. The molecule has 0 amide bonds. The normalized spacial score (nSPS) is 10.8. The van der Waals surface area contributed by atoms with Gasteiger partial charge in [0.25, 0.3) is 0 Å². The van der Waals surface area contributed by atoms with Crippen LogP contribution in [0.2, 0.25) is 0 Å². The van der Waals surface area contributed by atoms with E-state index in [1.165, 1.54) is 16.7 Å². The van der Waals surface area contributed by atoms with Gasteiger partial charge in [0.2, 0.25) is 0 Å². The molecule has 0 fully saturated rings. The molecular formula is C26H25N2O+. The topological polar surface area (TPSA) is 39.1 Å². The first-order valence-corrected chi connectivity index (χ1v) is 9.84. The Bertz CT molecular complexity index is 974. The third kappa shape index (κ3) is 5.02. The molecule has 4 rings (SSSR count). The van der Waals surface area contributed by atoms with Crippen molar-refractivity contribution in [2.24, 2.45) is 0 Å². The molecule has 0 saturated carbocycles. The first-order chi connectivity index (χ1) is 14.3. The first kappa shape index (κ1) is 18.8. The van der Waals surface area contributed by atoms with Gasteiger partial charge in [0.05, 0.1) is 6.61 Å². The second-order valence-electron chi connectivity index (χ2n) is 7.13. The molecule has 1 heterocycles. The molecule has 0 unspecified atom stereocenters. The van der Waals surface area contributed by atoms with Crippen LogP contribution in [-0.2, 0) is 6.54 Å². The Morgan fingerprint density at radius 3 is 1.79 bits per heavy atom. The van der Waals surface area contributed by atoms with E-state index in [0.29, 0.717) is 6.61 Å². The van der Waals surface area contributed by atoms with Crippen molar-refractivity contribution in [3.63, 3.8) is 0 Å². The molecule has 0 atom stereocenters. The Morgan fingerprint density at radius 1 is 0.690 bits per heavy atom. The first-order valence-electron chi connectivity index (χ1n) is 9.84. The van der Waals surface area contributed by atoms with Gasteiger partial charge in [-0.15, -0.1) is 0 Å². The summed E-state index contributed by atoms with van der Waals surface area (Å²) in [7, 11) is 0. The SMILES string of the molecule is Nc1cc[n+](Cc2ccc(OCC(c3ccccc3)c3ccccc3)cc2)cc1. The van der Waals surface area contributed by atoms with Crippen LogP contribution in [0, 0.1) is 0 Å². The van der Waals surface area contributed by atoms with Crippen LogP contribution in [0.1, 0.15) is 22.6 Å². The summed E-state index contributed by atoms with van der Waals surface area (Å²) in [5, 5.41) is 0. The number of hydrogen-bond donors (Lipinski definition) is 1. The number of aromatic nitrogens is 1. The van der Waals surface area contributed by atoms with E-state index in [2.05, 4.69) is 65.2 Å². The van der Waals surface area contributed by atoms with Crippen molar-refractivity contribution in [2.45, 2.75) is 12.5 Å². The van der Waals surface area contributed by atoms with Crippen molar-refractivity contribution >= 4 is 5.69 Å². The molecule has 0 spiro atoms. The highest BCUT2D eigenvalue weighted by atomic mass is 16.5. The predicted molar refractivity (Wildman–Crippen MR) is 117 cm³/mol. The fourth-order valence-electron chi connectivity index (χ4n) is 3.41. The molecule has 1 aromatic heterocycles. The number of nitrogens with zero attached hydrogens (tertiary/aromatic N) is 1. The molecule has 4 aromatic rings. The second kappa shape index (κ2) is 9.07. The van der Waals surface area contributed by atoms with Crippen molar-refractivity contribution in [1.82, 2.24) is 0 Å². The van der Waals surface area contributed by atoms with E-state index in [9.17, 15) is 0 Å². The third-order valence-electron chi connectivity index (χ3n) is 5.03. The van der Waals surface area contributed by atoms with Gasteiger partial charge in [-0.3, -0.25) is 0 Å². The van der Waals surface area contributed by atoms with Crippen molar-refractivity contribution in [1.29, 1.82) is 0 Å². The number of nitrogens with two attached hydrogens (primary N) is 1. The van der Waals surface area contributed by atoms with Crippen LogP contribution in [0.5, 0.6) is 5.75 Å². The minimum atomic E-state index is 0.197. The van der Waals surface area contributed by atoms with Crippen molar-refractivity contribution in [2.75, 3.05) is 12.3 Å². The Kier molecular flexibility index (Phi) is 5.87. The van der Waals surface area contributed by atoms with Crippen molar-refractivity contribution in [3.05, 3.63) is 126 Å². The van der Waals surface area contributed by atoms with E-state index in [1.807, 2.05) is 48.8 Å². The molecule has 0 radical (unpaired) electrons. The van der Waals surface area contributed by atoms with Gasteiger partial charge in [0, 0.05) is 29.3 Å². The molecule has 0 aliphatic carbocycles. The molecule has 144 valence electrons. The number of nitrogen functional groups attached to an aromatic ring is 1. The quantitative estimate of drug-likeness (QED) is 0.466. The maximum atomic E-state index is 6.17. The minimum absolute atomic E-state index is 0.197. The molecule has 2 N–H and O–H groups in total. The van der Waals surface area contributed by atoms with Crippen LogP contribution in [0.4, 0.5) is 5.69 Å². The standard InChI is InChI=1S/C26H24N2O/c27-24-15-17-28(18-16-24)19-21-11-13-25(14-12-21)29-20-26(22-7-3-1-4-8-22)23-9-5-2-6-10-23/h1-18,26-27H,19-20H2/p+1. The van der Waals surface area contributed by atoms with Crippen LogP contribution in [0.15, 0.2) is 109 Å². The summed E-state index contributed by atoms with van der Waals surface area (Å²) in [6.45, 7) is 1.40. The Morgan fingerprint density at radius 2 is 1.24 bits per heavy atom. The summed E-state index contributed by atoms with van der Waals surface area (Å²) in [6, 6.07) is 33.2. The Labute approximate surface area is 172 Å². The lowest BCUT2D eigenvalue weighted by Gasteiger charge is -2.19. The molecule has 0 aliphatic heterocycles. The molecule has 29 heavy (non-hydrogen) atoms. The average Bonchev–Trinajstić information content (AvgIpc) is 2.78. The Hall–Kier alpha value is -3.59. The average molecular weight is 381 g/mol. The van der Waals surface area contributed by atoms with E-state index < -0.39 is 0 Å². The monoisotopic (exact) mass is 381 g/mol. The fourth-order valence-corrected chi connectivity index (χ4v) is 3.41. The largest absolute Gasteiger partial charge is 0.493 e. The van der Waals surface area contributed by atoms with Crippen LogP contribution in [-0.4, -0.2) is 6.61 Å². The lowest BCUT2D eigenvalue weighted by atomic mass is 9.92. The molecular weight excluding hydrogens is 356 g/mol. The number of ether oxygens (including phenoxy) is 1. The van der Waals surface area contributed by atoms with Gasteiger partial charge in [0.1, 0.15) is 5.75 Å². The third-order valence-corrected chi connectivity index (χ3v) is 5.03. The second-order valence-corrected chi connectivity index (χ2v) is 7.13. The summed E-state index contributed by atoms with van der Waals surface area (Å²) >= 11 is 0. The smallest absolute Gasteiger partial charge is 0.173 e. The molecule has 3 aromatic carbocycles. The zero-order chi connectivity index (χ0) is 19.9. The summed E-state index contributed by atoms with van der Waals surface area (Å²) in [6.07, 6.45) is 3.98. The van der Waals surface area contributed by atoms with Gasteiger partial charge < -0.3 is 10.5 Å². The summed E-state index contributed by atoms with van der Waals surface area (Å²) in [5.41, 5.74) is 10.3. The summed E-state index contributed by atoms with van der Waals surface area (Å²) in [5.74, 6) is 1.08. The van der Waals surface area contributed by atoms with Crippen molar-refractivity contribution in [3.8, 4) is 5.75 Å². The number of hydrogen-bond acceptors (Lipinski definition) is 2. The molecule has 3 nitrogen and oxygen atoms in total. The zero-order valence-corrected chi connectivity index (χ0v) is 16.3. The number of anilines is 1. The molecule has 3 heteroatoms. The highest BCUT2D eigenvalue weighted by Gasteiger charge is 2.15. The molecule has 0 aliphatic rings. The van der Waals surface area contributed by atoms with E-state index in [-0.39, 0.29) is 5.92 Å². The maximum absolute atomic E-state index is 6.17. The lowest BCUT2D eigenvalue weighted by molar-refractivity contribution is -0.688. The number of benzene rings is 3. The summed E-state index contributed by atoms with van der Waals surface area (Å²) in [4.78, 5) is 0. The van der Waals surface area contributed by atoms with Gasteiger partial charge >= 0.3 is 0 Å². The lowest BCUT2D eigenvalue weighted by Crippen LogP contribution is -2.33. The maximum Gasteiger partial charge on any atom is 0.173 e. The van der Waals surface area contributed by atoms with Gasteiger partial charge in [-0.05, 0) is 35.4 Å². The molecule has 0 bridgehead atoms. The number of pyridine rings is 1. The van der Waals surface area contributed by atoms with Crippen LogP contribution >= 0.6 is 0 Å². The van der Waals surface area contributed by atoms with Gasteiger partial charge in [-0.1, -0.05) is 60.7 Å². The predicted octanol–water partition coefficient (Wildman–Crippen LogP) is 4.82. The summed E-state index contributed by atoms with van der Waals surface area (Å²) < 4.78 is 8.28. The Balaban J connectivity index is 1.44. The van der Waals surface area contributed by atoms with Crippen LogP contribution < -0.4 is 15.0 Å². The van der Waals surface area contributed by atoms with Gasteiger partial charge in [-0.25, -0.2) is 4.57 Å². The van der Waals surface area contributed by atoms with E-state index in [1.54, 1.807) is 0 Å². The van der Waals surface area contributed by atoms with Gasteiger partial charge in [0.15, 0.2) is 18.9 Å².